The zero-order chi connectivity index (χ0) is 10.7. The smallest absolute Gasteiger partial charge is 0.336 e. The molecule has 0 amide bonds. The van der Waals surface area contributed by atoms with Crippen molar-refractivity contribution in [1.29, 1.82) is 0 Å². The van der Waals surface area contributed by atoms with Gasteiger partial charge >= 0.3 is 11.9 Å². The normalized spacial score (nSPS) is 9.43. The van der Waals surface area contributed by atoms with Crippen molar-refractivity contribution < 1.29 is 19.8 Å². The third kappa shape index (κ3) is 1.80. The Morgan fingerprint density at radius 2 is 1.71 bits per heavy atom. The lowest BCUT2D eigenvalue weighted by atomic mass is 10.0. The maximum Gasteiger partial charge on any atom is 0.336 e. The molecule has 0 saturated heterocycles. The molecule has 0 bridgehead atoms. The van der Waals surface area contributed by atoms with Crippen LogP contribution >= 0.6 is 0 Å². The molecule has 0 fully saturated rings. The van der Waals surface area contributed by atoms with Crippen LogP contribution in [0, 0.1) is 6.58 Å². The van der Waals surface area contributed by atoms with Crippen LogP contribution in [0.2, 0.25) is 0 Å². The molecule has 4 heteroatoms. The average Bonchev–Trinajstić information content (AvgIpc) is 2.16. The first-order valence-electron chi connectivity index (χ1n) is 3.72. The van der Waals surface area contributed by atoms with Crippen LogP contribution < -0.4 is 0 Å². The monoisotopic (exact) mass is 191 g/mol. The van der Waals surface area contributed by atoms with Gasteiger partial charge in [-0.2, -0.15) is 0 Å². The van der Waals surface area contributed by atoms with E-state index < -0.39 is 11.9 Å². The second kappa shape index (κ2) is 3.74. The highest BCUT2D eigenvalue weighted by Crippen LogP contribution is 2.13. The summed E-state index contributed by atoms with van der Waals surface area (Å²) in [5, 5.41) is 17.4. The summed E-state index contributed by atoms with van der Waals surface area (Å²) in [6.07, 6.45) is 1.21. The molecule has 0 unspecified atom stereocenters. The Morgan fingerprint density at radius 3 is 2.14 bits per heavy atom. The first kappa shape index (κ1) is 9.98. The van der Waals surface area contributed by atoms with Crippen molar-refractivity contribution >= 4 is 18.0 Å². The summed E-state index contributed by atoms with van der Waals surface area (Å²) < 4.78 is 0. The van der Waals surface area contributed by atoms with Gasteiger partial charge in [-0.1, -0.05) is 18.7 Å². The third-order valence-electron chi connectivity index (χ3n) is 1.70. The highest BCUT2D eigenvalue weighted by Gasteiger charge is 2.15. The Labute approximate surface area is 80.1 Å². The van der Waals surface area contributed by atoms with Crippen LogP contribution in [0.4, 0.5) is 0 Å². The summed E-state index contributed by atoms with van der Waals surface area (Å²) in [5.74, 6) is -2.56. The Kier molecular flexibility index (Phi) is 2.67. The second-order valence-electron chi connectivity index (χ2n) is 2.58. The molecule has 1 aromatic rings. The van der Waals surface area contributed by atoms with Gasteiger partial charge in [-0.25, -0.2) is 9.59 Å². The van der Waals surface area contributed by atoms with E-state index >= 15 is 0 Å². The summed E-state index contributed by atoms with van der Waals surface area (Å²) in [5.41, 5.74) is -0.0489. The number of hydrogen-bond donors (Lipinski definition) is 2. The summed E-state index contributed by atoms with van der Waals surface area (Å²) in [6.45, 7) is 5.18. The molecule has 14 heavy (non-hydrogen) atoms. The lowest BCUT2D eigenvalue weighted by molar-refractivity contribution is 0.0651. The molecule has 1 radical (unpaired) electrons. The van der Waals surface area contributed by atoms with Gasteiger partial charge in [0.25, 0.3) is 0 Å². The van der Waals surface area contributed by atoms with Crippen molar-refractivity contribution in [1.82, 2.24) is 0 Å². The Hall–Kier alpha value is -2.10. The molecule has 0 heterocycles. The van der Waals surface area contributed by atoms with Gasteiger partial charge in [0, 0.05) is 0 Å². The molecule has 1 rings (SSSR count). The van der Waals surface area contributed by atoms with Gasteiger partial charge in [-0.3, -0.25) is 0 Å². The third-order valence-corrected chi connectivity index (χ3v) is 1.70. The fourth-order valence-corrected chi connectivity index (χ4v) is 1.03. The SMILES string of the molecule is [CH]=Cc1ccc(C(=O)O)c(C(=O)O)c1. The van der Waals surface area contributed by atoms with Gasteiger partial charge in [0.1, 0.15) is 0 Å². The second-order valence-corrected chi connectivity index (χ2v) is 2.58. The molecule has 0 aromatic heterocycles. The lowest BCUT2D eigenvalue weighted by Crippen LogP contribution is -2.07. The van der Waals surface area contributed by atoms with Crippen LogP contribution in [0.15, 0.2) is 18.2 Å². The minimum atomic E-state index is -1.29. The number of aromatic carboxylic acids is 2. The van der Waals surface area contributed by atoms with Crippen molar-refractivity contribution in [3.05, 3.63) is 41.5 Å². The van der Waals surface area contributed by atoms with E-state index in [-0.39, 0.29) is 11.1 Å². The zero-order valence-corrected chi connectivity index (χ0v) is 7.10. The quantitative estimate of drug-likeness (QED) is 0.759. The fourth-order valence-electron chi connectivity index (χ4n) is 1.03. The van der Waals surface area contributed by atoms with Crippen LogP contribution in [0.25, 0.3) is 6.08 Å². The fraction of sp³-hybridized carbons (Fsp3) is 0. The number of rotatable bonds is 3. The summed E-state index contributed by atoms with van der Waals surface area (Å²) in [7, 11) is 0. The molecule has 71 valence electrons. The van der Waals surface area contributed by atoms with Crippen molar-refractivity contribution in [2.24, 2.45) is 0 Å². The summed E-state index contributed by atoms with van der Waals surface area (Å²) >= 11 is 0. The molecule has 0 aliphatic carbocycles. The molecule has 4 nitrogen and oxygen atoms in total. The molecule has 0 atom stereocenters. The molecule has 2 N–H and O–H groups in total. The van der Waals surface area contributed by atoms with Gasteiger partial charge in [0.05, 0.1) is 11.1 Å². The van der Waals surface area contributed by atoms with Crippen molar-refractivity contribution in [2.75, 3.05) is 0 Å². The highest BCUT2D eigenvalue weighted by atomic mass is 16.4. The lowest BCUT2D eigenvalue weighted by Gasteiger charge is -2.01. The van der Waals surface area contributed by atoms with E-state index in [1.54, 1.807) is 0 Å². The van der Waals surface area contributed by atoms with E-state index in [2.05, 4.69) is 0 Å². The molecule has 0 aliphatic rings. The topological polar surface area (TPSA) is 74.6 Å². The van der Waals surface area contributed by atoms with Crippen LogP contribution in [-0.4, -0.2) is 22.2 Å². The number of benzene rings is 1. The average molecular weight is 191 g/mol. The minimum absolute atomic E-state index is 0.247. The Bertz CT molecular complexity index is 407. The number of carboxylic acids is 2. The van der Waals surface area contributed by atoms with Crippen LogP contribution in [0.1, 0.15) is 26.3 Å². The van der Waals surface area contributed by atoms with Gasteiger partial charge in [0.15, 0.2) is 0 Å². The largest absolute Gasteiger partial charge is 0.478 e. The molecule has 0 saturated carbocycles. The summed E-state index contributed by atoms with van der Waals surface area (Å²) in [6, 6.07) is 3.87. The highest BCUT2D eigenvalue weighted by molar-refractivity contribution is 6.02. The maximum atomic E-state index is 10.7. The number of carbonyl (C=O) groups is 2. The first-order chi connectivity index (χ1) is 6.56. The van der Waals surface area contributed by atoms with Crippen LogP contribution in [-0.2, 0) is 0 Å². The number of carboxylic acid groups (broad SMARTS) is 2. The standard InChI is InChI=1S/C10H7O4/c1-2-6-3-4-7(9(11)12)8(5-6)10(13)14/h1-5H,(H,11,12)(H,13,14). The molecule has 0 spiro atoms. The van der Waals surface area contributed by atoms with Gasteiger partial charge in [-0.15, -0.1) is 0 Å². The Balaban J connectivity index is 3.38. The van der Waals surface area contributed by atoms with E-state index in [4.69, 9.17) is 16.8 Å². The van der Waals surface area contributed by atoms with E-state index in [0.29, 0.717) is 5.56 Å². The zero-order valence-electron chi connectivity index (χ0n) is 7.10. The van der Waals surface area contributed by atoms with Gasteiger partial charge in [-0.05, 0) is 17.7 Å². The molecule has 1 aromatic carbocycles. The molecular weight excluding hydrogens is 184 g/mol. The molecular formula is C10H7O4. The Morgan fingerprint density at radius 1 is 1.14 bits per heavy atom. The minimum Gasteiger partial charge on any atom is -0.478 e. The van der Waals surface area contributed by atoms with Crippen molar-refractivity contribution in [3.63, 3.8) is 0 Å². The summed E-state index contributed by atoms with van der Waals surface area (Å²) in [4.78, 5) is 21.3. The van der Waals surface area contributed by atoms with E-state index in [0.717, 1.165) is 0 Å². The predicted molar refractivity (Wildman–Crippen MR) is 49.1 cm³/mol. The van der Waals surface area contributed by atoms with E-state index in [1.165, 1.54) is 24.3 Å². The van der Waals surface area contributed by atoms with E-state index in [1.807, 2.05) is 0 Å². The van der Waals surface area contributed by atoms with Gasteiger partial charge < -0.3 is 10.2 Å². The molecule has 0 aliphatic heterocycles. The predicted octanol–water partition coefficient (Wildman–Crippen LogP) is 1.53. The van der Waals surface area contributed by atoms with Crippen LogP contribution in [0.5, 0.6) is 0 Å². The first-order valence-corrected chi connectivity index (χ1v) is 3.72. The van der Waals surface area contributed by atoms with E-state index in [9.17, 15) is 9.59 Å². The van der Waals surface area contributed by atoms with Crippen molar-refractivity contribution in [2.45, 2.75) is 0 Å². The van der Waals surface area contributed by atoms with Gasteiger partial charge in [0.2, 0.25) is 0 Å². The maximum absolute atomic E-state index is 10.7. The van der Waals surface area contributed by atoms with Crippen LogP contribution in [0.3, 0.4) is 0 Å². The van der Waals surface area contributed by atoms with Crippen molar-refractivity contribution in [3.8, 4) is 0 Å². The number of hydrogen-bond acceptors (Lipinski definition) is 2.